The first-order chi connectivity index (χ1) is 12.2. The Bertz CT molecular complexity index is 903. The smallest absolute Gasteiger partial charge is 0.273 e. The lowest BCUT2D eigenvalue weighted by molar-refractivity contribution is -0.123. The number of thiophene rings is 1. The van der Waals surface area contributed by atoms with Gasteiger partial charge in [0.05, 0.1) is 17.1 Å². The second-order valence-electron chi connectivity index (χ2n) is 5.72. The van der Waals surface area contributed by atoms with Crippen LogP contribution in [0.5, 0.6) is 0 Å². The van der Waals surface area contributed by atoms with Crippen molar-refractivity contribution in [2.45, 2.75) is 0 Å². The summed E-state index contributed by atoms with van der Waals surface area (Å²) in [5.41, 5.74) is 2.03. The van der Waals surface area contributed by atoms with E-state index in [0.717, 1.165) is 16.3 Å². The van der Waals surface area contributed by atoms with Crippen LogP contribution in [0.25, 0.3) is 16.3 Å². The summed E-state index contributed by atoms with van der Waals surface area (Å²) in [5, 5.41) is 9.36. The summed E-state index contributed by atoms with van der Waals surface area (Å²) in [6, 6.07) is 15.3. The molecule has 0 bridgehead atoms. The predicted molar refractivity (Wildman–Crippen MR) is 95.8 cm³/mol. The van der Waals surface area contributed by atoms with Crippen molar-refractivity contribution in [1.82, 2.24) is 20.0 Å². The van der Waals surface area contributed by atoms with Gasteiger partial charge in [-0.1, -0.05) is 24.3 Å². The van der Waals surface area contributed by atoms with Gasteiger partial charge in [0, 0.05) is 13.1 Å². The zero-order valence-corrected chi connectivity index (χ0v) is 14.2. The zero-order valence-electron chi connectivity index (χ0n) is 13.4. The van der Waals surface area contributed by atoms with E-state index in [9.17, 15) is 9.59 Å². The maximum Gasteiger partial charge on any atom is 0.273 e. The van der Waals surface area contributed by atoms with Crippen LogP contribution in [0.2, 0.25) is 0 Å². The highest BCUT2D eigenvalue weighted by atomic mass is 32.1. The summed E-state index contributed by atoms with van der Waals surface area (Å²) >= 11 is 1.58. The van der Waals surface area contributed by atoms with Gasteiger partial charge < -0.3 is 10.2 Å². The fourth-order valence-corrected chi connectivity index (χ4v) is 3.50. The van der Waals surface area contributed by atoms with Crippen LogP contribution in [0.1, 0.15) is 10.5 Å². The largest absolute Gasteiger partial charge is 0.353 e. The van der Waals surface area contributed by atoms with Crippen LogP contribution in [0.3, 0.4) is 0 Å². The number of nitrogens with one attached hydrogen (secondary N) is 1. The lowest BCUT2D eigenvalue weighted by Gasteiger charge is -2.26. The van der Waals surface area contributed by atoms with E-state index >= 15 is 0 Å². The molecule has 2 amide bonds. The quantitative estimate of drug-likeness (QED) is 0.786. The second kappa shape index (κ2) is 6.52. The van der Waals surface area contributed by atoms with Gasteiger partial charge >= 0.3 is 0 Å². The van der Waals surface area contributed by atoms with Crippen LogP contribution < -0.4 is 5.32 Å². The van der Waals surface area contributed by atoms with E-state index in [1.807, 2.05) is 47.8 Å². The third-order valence-electron chi connectivity index (χ3n) is 4.03. The molecule has 1 aromatic carbocycles. The van der Waals surface area contributed by atoms with Crippen molar-refractivity contribution >= 4 is 23.2 Å². The Morgan fingerprint density at radius 2 is 2.00 bits per heavy atom. The van der Waals surface area contributed by atoms with Crippen LogP contribution >= 0.6 is 11.3 Å². The highest BCUT2D eigenvalue weighted by Gasteiger charge is 2.26. The number of nitrogens with zero attached hydrogens (tertiary/aromatic N) is 3. The van der Waals surface area contributed by atoms with Crippen molar-refractivity contribution in [3.8, 4) is 16.3 Å². The zero-order chi connectivity index (χ0) is 17.2. The Hall–Kier alpha value is -2.93. The molecule has 1 aliphatic rings. The molecule has 0 saturated carbocycles. The third-order valence-corrected chi connectivity index (χ3v) is 4.92. The summed E-state index contributed by atoms with van der Waals surface area (Å²) in [6.07, 6.45) is 0. The van der Waals surface area contributed by atoms with Gasteiger partial charge in [0.25, 0.3) is 5.91 Å². The highest BCUT2D eigenvalue weighted by Crippen LogP contribution is 2.26. The van der Waals surface area contributed by atoms with Crippen LogP contribution in [0.4, 0.5) is 0 Å². The normalized spacial score (nSPS) is 14.4. The summed E-state index contributed by atoms with van der Waals surface area (Å²) in [5.74, 6) is -0.321. The Morgan fingerprint density at radius 3 is 2.72 bits per heavy atom. The fraction of sp³-hybridized carbons (Fsp3) is 0.167. The molecule has 0 atom stereocenters. The van der Waals surface area contributed by atoms with Gasteiger partial charge in [-0.25, -0.2) is 4.68 Å². The van der Waals surface area contributed by atoms with Gasteiger partial charge in [0.15, 0.2) is 0 Å². The van der Waals surface area contributed by atoms with E-state index in [1.165, 1.54) is 0 Å². The molecule has 0 radical (unpaired) electrons. The van der Waals surface area contributed by atoms with Crippen LogP contribution in [0.15, 0.2) is 53.9 Å². The van der Waals surface area contributed by atoms with Crippen LogP contribution in [0, 0.1) is 0 Å². The molecular weight excluding hydrogens is 336 g/mol. The van der Waals surface area contributed by atoms with Gasteiger partial charge in [-0.2, -0.15) is 5.10 Å². The summed E-state index contributed by atoms with van der Waals surface area (Å²) < 4.78 is 1.66. The van der Waals surface area contributed by atoms with E-state index in [0.29, 0.717) is 18.8 Å². The molecule has 3 aromatic rings. The van der Waals surface area contributed by atoms with Gasteiger partial charge in [-0.15, -0.1) is 11.3 Å². The molecule has 2 aromatic heterocycles. The molecule has 1 saturated heterocycles. The van der Waals surface area contributed by atoms with Crippen molar-refractivity contribution in [2.24, 2.45) is 0 Å². The summed E-state index contributed by atoms with van der Waals surface area (Å²) in [6.45, 7) is 1.05. The van der Waals surface area contributed by atoms with Gasteiger partial charge in [0.2, 0.25) is 5.91 Å². The van der Waals surface area contributed by atoms with E-state index in [-0.39, 0.29) is 18.4 Å². The van der Waals surface area contributed by atoms with Crippen molar-refractivity contribution < 1.29 is 9.59 Å². The van der Waals surface area contributed by atoms with Crippen molar-refractivity contribution in [3.63, 3.8) is 0 Å². The Morgan fingerprint density at radius 1 is 1.16 bits per heavy atom. The molecule has 25 heavy (non-hydrogen) atoms. The average molecular weight is 352 g/mol. The summed E-state index contributed by atoms with van der Waals surface area (Å²) in [7, 11) is 0. The standard InChI is InChI=1S/C18H16N4O2S/c23-17-12-21(9-8-19-17)18(24)15-11-14(16-7-4-10-25-16)20-22(15)13-5-2-1-3-6-13/h1-7,10-11H,8-9,12H2,(H,19,23). The van der Waals surface area contributed by atoms with Crippen molar-refractivity contribution in [3.05, 3.63) is 59.6 Å². The maximum absolute atomic E-state index is 13.0. The molecule has 3 heterocycles. The molecule has 0 spiro atoms. The van der Waals surface area contributed by atoms with E-state index in [4.69, 9.17) is 0 Å². The number of para-hydroxylation sites is 1. The van der Waals surface area contributed by atoms with E-state index in [2.05, 4.69) is 10.4 Å². The number of carbonyl (C=O) groups is 2. The number of hydrogen-bond donors (Lipinski definition) is 1. The third kappa shape index (κ3) is 3.06. The molecule has 126 valence electrons. The topological polar surface area (TPSA) is 67.2 Å². The van der Waals surface area contributed by atoms with Crippen LogP contribution in [-0.4, -0.2) is 46.1 Å². The predicted octanol–water partition coefficient (Wildman–Crippen LogP) is 2.17. The summed E-state index contributed by atoms with van der Waals surface area (Å²) in [4.78, 5) is 27.2. The Labute approximate surface area is 148 Å². The number of rotatable bonds is 3. The number of amides is 2. The van der Waals surface area contributed by atoms with E-state index < -0.39 is 0 Å². The highest BCUT2D eigenvalue weighted by molar-refractivity contribution is 7.13. The van der Waals surface area contributed by atoms with Gasteiger partial charge in [0.1, 0.15) is 11.4 Å². The molecule has 0 aliphatic carbocycles. The molecule has 0 unspecified atom stereocenters. The monoisotopic (exact) mass is 352 g/mol. The number of benzene rings is 1. The minimum atomic E-state index is -0.186. The molecule has 1 aliphatic heterocycles. The van der Waals surface area contributed by atoms with Crippen molar-refractivity contribution in [1.29, 1.82) is 0 Å². The van der Waals surface area contributed by atoms with E-state index in [1.54, 1.807) is 27.0 Å². The van der Waals surface area contributed by atoms with Gasteiger partial charge in [-0.3, -0.25) is 9.59 Å². The number of hydrogen-bond acceptors (Lipinski definition) is 4. The Balaban J connectivity index is 1.77. The number of carbonyl (C=O) groups excluding carboxylic acids is 2. The first-order valence-corrected chi connectivity index (χ1v) is 8.86. The average Bonchev–Trinajstić information content (AvgIpc) is 3.31. The first-order valence-electron chi connectivity index (χ1n) is 7.98. The number of piperazine rings is 1. The molecule has 6 nitrogen and oxygen atoms in total. The molecule has 4 rings (SSSR count). The molecule has 1 N–H and O–H groups in total. The fourth-order valence-electron chi connectivity index (χ4n) is 2.82. The lowest BCUT2D eigenvalue weighted by atomic mass is 10.2. The first kappa shape index (κ1) is 15.6. The SMILES string of the molecule is O=C1CN(C(=O)c2cc(-c3cccs3)nn2-c2ccccc2)CCN1. The van der Waals surface area contributed by atoms with Gasteiger partial charge in [-0.05, 0) is 29.6 Å². The number of aromatic nitrogens is 2. The Kier molecular flexibility index (Phi) is 4.07. The minimum absolute atomic E-state index is 0.0765. The molecule has 1 fully saturated rings. The minimum Gasteiger partial charge on any atom is -0.353 e. The second-order valence-corrected chi connectivity index (χ2v) is 6.66. The van der Waals surface area contributed by atoms with Crippen molar-refractivity contribution in [2.75, 3.05) is 19.6 Å². The maximum atomic E-state index is 13.0. The molecular formula is C18H16N4O2S. The molecule has 7 heteroatoms. The van der Waals surface area contributed by atoms with Crippen LogP contribution in [-0.2, 0) is 4.79 Å². The lowest BCUT2D eigenvalue weighted by Crippen LogP contribution is -2.50.